The van der Waals surface area contributed by atoms with Gasteiger partial charge < -0.3 is 26.2 Å². The predicted octanol–water partition coefficient (Wildman–Crippen LogP) is 9.84. The molecule has 0 spiro atoms. The molecule has 0 radical (unpaired) electrons. The van der Waals surface area contributed by atoms with Crippen LogP contribution in [0.2, 0.25) is 0 Å². The second kappa shape index (κ2) is 22.8. The van der Waals surface area contributed by atoms with E-state index in [2.05, 4.69) is 55.5 Å². The Morgan fingerprint density at radius 1 is 0.588 bits per heavy atom. The van der Waals surface area contributed by atoms with E-state index in [0.29, 0.717) is 98.2 Å². The highest BCUT2D eigenvalue weighted by Gasteiger charge is 2.58. The monoisotopic (exact) mass is 1100 g/mol. The Labute approximate surface area is 464 Å². The molecule has 6 amide bonds. The average molecular weight is 1100 g/mol. The number of carbonyl (C=O) groups excluding carboxylic acids is 6. The number of anilines is 2. The van der Waals surface area contributed by atoms with Crippen LogP contribution in [-0.4, -0.2) is 108 Å². The van der Waals surface area contributed by atoms with Gasteiger partial charge in [0.25, 0.3) is 23.6 Å². The van der Waals surface area contributed by atoms with E-state index in [1.165, 1.54) is 64.2 Å². The first-order chi connectivity index (χ1) is 38.5. The summed E-state index contributed by atoms with van der Waals surface area (Å²) >= 11 is 0. The molecule has 12 rings (SSSR count). The lowest BCUT2D eigenvalue weighted by Gasteiger charge is -2.47. The number of likely N-dealkylation sites (tertiary alicyclic amines) is 1. The molecule has 3 aliphatic carbocycles. The van der Waals surface area contributed by atoms with Crippen molar-refractivity contribution in [3.05, 3.63) is 119 Å². The molecule has 5 aliphatic heterocycles. The van der Waals surface area contributed by atoms with E-state index in [0.717, 1.165) is 45.6 Å². The maximum absolute atomic E-state index is 13.6. The molecular formula is C60H72F3N11O6. The minimum Gasteiger partial charge on any atom is -0.380 e. The number of piperidine rings is 3. The quantitative estimate of drug-likeness (QED) is 0.0878. The number of rotatable bonds is 14. The van der Waals surface area contributed by atoms with Crippen LogP contribution in [-0.2, 0) is 22.7 Å². The molecule has 2 unspecified atom stereocenters. The fourth-order valence-electron chi connectivity index (χ4n) is 13.7. The molecule has 424 valence electrons. The predicted molar refractivity (Wildman–Crippen MR) is 293 cm³/mol. The summed E-state index contributed by atoms with van der Waals surface area (Å²) in [6.45, 7) is 9.69. The summed E-state index contributed by atoms with van der Waals surface area (Å²) < 4.78 is 44.8. The van der Waals surface area contributed by atoms with E-state index in [9.17, 15) is 41.9 Å². The van der Waals surface area contributed by atoms with Gasteiger partial charge in [-0.25, -0.2) is 0 Å². The molecule has 2 aromatic heterocycles. The van der Waals surface area contributed by atoms with Gasteiger partial charge in [-0.15, -0.1) is 0 Å². The van der Waals surface area contributed by atoms with Gasteiger partial charge in [0.1, 0.15) is 12.1 Å². The molecule has 17 nitrogen and oxygen atoms in total. The molecule has 80 heavy (non-hydrogen) atoms. The molecule has 4 N–H and O–H groups in total. The highest BCUT2D eigenvalue weighted by atomic mass is 19.4. The second-order valence-corrected chi connectivity index (χ2v) is 23.6. The molecule has 6 fully saturated rings. The Balaban J connectivity index is 0.000000169. The summed E-state index contributed by atoms with van der Waals surface area (Å²) in [5.41, 5.74) is 3.83. The van der Waals surface area contributed by atoms with E-state index in [1.807, 2.05) is 28.0 Å². The van der Waals surface area contributed by atoms with E-state index in [4.69, 9.17) is 0 Å². The van der Waals surface area contributed by atoms with Crippen LogP contribution in [0.25, 0.3) is 0 Å². The number of imide groups is 2. The third kappa shape index (κ3) is 11.1. The van der Waals surface area contributed by atoms with Crippen LogP contribution in [0.1, 0.15) is 187 Å². The van der Waals surface area contributed by atoms with Gasteiger partial charge in [-0.2, -0.15) is 23.4 Å². The van der Waals surface area contributed by atoms with Crippen LogP contribution < -0.4 is 21.3 Å². The zero-order chi connectivity index (χ0) is 55.9. The zero-order valence-corrected chi connectivity index (χ0v) is 45.3. The first-order valence-corrected chi connectivity index (χ1v) is 28.9. The Bertz CT molecular complexity index is 3070. The summed E-state index contributed by atoms with van der Waals surface area (Å²) in [5, 5.41) is 21.1. The number of benzene rings is 2. The van der Waals surface area contributed by atoms with Crippen molar-refractivity contribution in [2.45, 2.75) is 165 Å². The summed E-state index contributed by atoms with van der Waals surface area (Å²) in [7, 11) is 0. The molecule has 3 saturated carbocycles. The minimum atomic E-state index is -4.15. The average Bonchev–Trinajstić information content (AvgIpc) is 4.36. The number of aromatic nitrogens is 4. The largest absolute Gasteiger partial charge is 0.395 e. The van der Waals surface area contributed by atoms with Crippen molar-refractivity contribution in [1.29, 1.82) is 0 Å². The maximum Gasteiger partial charge on any atom is 0.395 e. The highest BCUT2D eigenvalue weighted by Crippen LogP contribution is 2.54. The molecule has 7 heterocycles. The Morgan fingerprint density at radius 3 is 1.51 bits per heavy atom. The number of nitrogens with zero attached hydrogens (tertiary/aromatic N) is 7. The van der Waals surface area contributed by atoms with Crippen LogP contribution in [0.3, 0.4) is 0 Å². The van der Waals surface area contributed by atoms with Crippen molar-refractivity contribution in [2.24, 2.45) is 17.3 Å². The van der Waals surface area contributed by atoms with E-state index in [1.54, 1.807) is 36.5 Å². The van der Waals surface area contributed by atoms with Gasteiger partial charge in [-0.05, 0) is 120 Å². The number of hydrogen-bond donors (Lipinski definition) is 4. The summed E-state index contributed by atoms with van der Waals surface area (Å²) in [4.78, 5) is 82.1. The van der Waals surface area contributed by atoms with Gasteiger partial charge in [-0.1, -0.05) is 63.8 Å². The van der Waals surface area contributed by atoms with Crippen molar-refractivity contribution < 1.29 is 41.9 Å². The number of allylic oxidation sites excluding steroid dienone is 2. The highest BCUT2D eigenvalue weighted by molar-refractivity contribution is 6.26. The Morgan fingerprint density at radius 2 is 1.06 bits per heavy atom. The van der Waals surface area contributed by atoms with Crippen LogP contribution in [0.4, 0.5) is 24.5 Å². The lowest BCUT2D eigenvalue weighted by Crippen LogP contribution is -2.53. The van der Waals surface area contributed by atoms with E-state index >= 15 is 0 Å². The molecule has 4 aromatic rings. The lowest BCUT2D eigenvalue weighted by molar-refractivity contribution is -0.256. The smallest absolute Gasteiger partial charge is 0.380 e. The van der Waals surface area contributed by atoms with Crippen LogP contribution >= 0.6 is 0 Å². The number of fused-ring (bicyclic) bond motifs is 2. The van der Waals surface area contributed by atoms with Gasteiger partial charge >= 0.3 is 6.18 Å². The van der Waals surface area contributed by atoms with Gasteiger partial charge in [0.2, 0.25) is 11.8 Å². The van der Waals surface area contributed by atoms with Crippen molar-refractivity contribution in [2.75, 3.05) is 30.3 Å². The maximum atomic E-state index is 13.6. The number of halogens is 3. The third-order valence-corrected chi connectivity index (χ3v) is 18.4. The Kier molecular flexibility index (Phi) is 15.6. The molecule has 8 aliphatic rings. The summed E-state index contributed by atoms with van der Waals surface area (Å²) in [6.07, 6.45) is 21.3. The van der Waals surface area contributed by atoms with Gasteiger partial charge in [0, 0.05) is 79.0 Å². The lowest BCUT2D eigenvalue weighted by atomic mass is 9.67. The summed E-state index contributed by atoms with van der Waals surface area (Å²) in [6, 6.07) is 9.12. The molecule has 3 saturated heterocycles. The first-order valence-electron chi connectivity index (χ1n) is 28.9. The van der Waals surface area contributed by atoms with E-state index < -0.39 is 53.2 Å². The van der Waals surface area contributed by atoms with Crippen molar-refractivity contribution in [1.82, 2.24) is 44.9 Å². The zero-order valence-electron chi connectivity index (χ0n) is 45.3. The fourth-order valence-corrected chi connectivity index (χ4v) is 13.7. The van der Waals surface area contributed by atoms with Gasteiger partial charge in [0.05, 0.1) is 52.1 Å². The standard InChI is InChI=1S/C31H39N5O3.C29H33F3N6O3/c1-20-10-15-27(29(37)34-20)36-30(38)25-8-5-9-26(28(25)31(36)39)32-17-23-18-33-35(19-23)24-13-11-22(12-14-24)16-21-6-3-2-4-7-21;1-18-6-7-23(25(39)35-18)38-26(40)21-4-2-5-22(24(21)27(38)41)33-14-19-15-34-37(16-19)20-8-12-36(13-9-20)17-28(10-3-11-28)29(30,31)32/h5,8-9,18-19,21-22,24,27,32H,1-4,6-7,10-17H2,(H,34,37);2,4-5,15-16,20,23,33H,1,3,6-14,17H2,(H,35,39). The summed E-state index contributed by atoms with van der Waals surface area (Å²) in [5.74, 6) is -0.770. The van der Waals surface area contributed by atoms with Crippen molar-refractivity contribution in [3.8, 4) is 0 Å². The number of nitrogens with one attached hydrogen (secondary N) is 4. The third-order valence-electron chi connectivity index (χ3n) is 18.4. The number of alkyl halides is 3. The fraction of sp³-hybridized carbons (Fsp3) is 0.533. The first kappa shape index (κ1) is 54.8. The number of hydrogen-bond acceptors (Lipinski definition) is 11. The molecular weight excluding hydrogens is 1030 g/mol. The number of amides is 6. The molecule has 20 heteroatoms. The molecule has 0 bridgehead atoms. The Hall–Kier alpha value is -7.09. The van der Waals surface area contributed by atoms with E-state index in [-0.39, 0.29) is 42.5 Å². The minimum absolute atomic E-state index is 0.0816. The SMILES string of the molecule is C=C1CCC(N2C(=O)c3cccc(NCc4cnn(C5CCC(CC6CCCCC6)CC5)c4)c3C2=O)C(=O)N1.C=C1CCC(N2C(=O)c3cccc(NCc4cnn(C5CCN(CC6(C(F)(F)F)CCC6)CC5)c4)c3C2=O)C(=O)N1. The van der Waals surface area contributed by atoms with Crippen molar-refractivity contribution >= 4 is 46.8 Å². The van der Waals surface area contributed by atoms with Crippen molar-refractivity contribution in [3.63, 3.8) is 0 Å². The van der Waals surface area contributed by atoms with Gasteiger partial charge in [0.15, 0.2) is 0 Å². The topological polar surface area (TPSA) is 196 Å². The normalized spacial score (nSPS) is 24.7. The van der Waals surface area contributed by atoms with Gasteiger partial charge in [-0.3, -0.25) is 47.9 Å². The van der Waals surface area contributed by atoms with Crippen LogP contribution in [0.15, 0.2) is 85.7 Å². The second-order valence-electron chi connectivity index (χ2n) is 23.6. The number of carbonyl (C=O) groups is 6. The van der Waals surface area contributed by atoms with Crippen LogP contribution in [0.5, 0.6) is 0 Å². The van der Waals surface area contributed by atoms with Crippen LogP contribution in [0, 0.1) is 17.3 Å². The molecule has 2 aromatic carbocycles. The molecule has 2 atom stereocenters.